The first-order valence-corrected chi connectivity index (χ1v) is 15.9. The Bertz CT molecular complexity index is 1160. The summed E-state index contributed by atoms with van der Waals surface area (Å²) in [7, 11) is -9.23. The van der Waals surface area contributed by atoms with Crippen LogP contribution < -0.4 is 5.73 Å². The van der Waals surface area contributed by atoms with E-state index in [4.69, 9.17) is 5.73 Å². The van der Waals surface area contributed by atoms with Gasteiger partial charge in [0, 0.05) is 47.9 Å². The molecule has 0 saturated heterocycles. The van der Waals surface area contributed by atoms with Crippen LogP contribution in [0.5, 0.6) is 11.5 Å². The monoisotopic (exact) mass is 647 g/mol. The zero-order valence-corrected chi connectivity index (χ0v) is 24.8. The van der Waals surface area contributed by atoms with Crippen LogP contribution in [0.2, 0.25) is 0 Å². The molecule has 0 radical (unpaired) electrons. The molecular weight excluding hydrogens is 608 g/mol. The van der Waals surface area contributed by atoms with E-state index in [0.717, 1.165) is 0 Å². The molecule has 10 N–H and O–H groups in total. The van der Waals surface area contributed by atoms with Gasteiger partial charge in [-0.05, 0) is 19.4 Å². The number of aliphatic hydroxyl groups is 2. The van der Waals surface area contributed by atoms with Crippen molar-refractivity contribution in [2.75, 3.05) is 25.7 Å². The quantitative estimate of drug-likeness (QED) is 0.0668. The predicted octanol–water partition coefficient (Wildman–Crippen LogP) is 1.15. The van der Waals surface area contributed by atoms with Crippen molar-refractivity contribution in [3.8, 4) is 11.5 Å². The average Bonchev–Trinajstić information content (AvgIpc) is 2.83. The minimum absolute atomic E-state index is 0. The van der Waals surface area contributed by atoms with Gasteiger partial charge in [-0.25, -0.2) is 0 Å². The van der Waals surface area contributed by atoms with Gasteiger partial charge in [-0.2, -0.15) is 0 Å². The number of nitrogens with two attached hydrogens (primary N) is 1. The fourth-order valence-corrected chi connectivity index (χ4v) is 5.98. The number of hydrogen-bond donors (Lipinski definition) is 9. The van der Waals surface area contributed by atoms with Gasteiger partial charge in [0.15, 0.2) is 0 Å². The smallest absolute Gasteiger partial charge is 0.507 e. The maximum absolute atomic E-state index is 12.1. The summed E-state index contributed by atoms with van der Waals surface area (Å²) < 4.78 is 24.2. The van der Waals surface area contributed by atoms with Crippen molar-refractivity contribution < 1.29 is 66.2 Å². The summed E-state index contributed by atoms with van der Waals surface area (Å²) in [5.41, 5.74) is 6.75. The SMILES string of the molecule is NCCCCC(CN(Cc1cccc(CO)c1O)CP(=O)(O)O)N(Cc1cccc(CO)c1O)CP(=O)(O)O.[Fe+2]. The molecule has 0 aliphatic carbocycles. The van der Waals surface area contributed by atoms with Crippen molar-refractivity contribution in [2.45, 2.75) is 51.6 Å². The average molecular weight is 647 g/mol. The molecule has 0 aliphatic rings. The Balaban J connectivity index is 0.00000800. The maximum Gasteiger partial charge on any atom is 2.00 e. The van der Waals surface area contributed by atoms with Gasteiger partial charge in [0.05, 0.1) is 13.2 Å². The molecule has 0 aliphatic heterocycles. The van der Waals surface area contributed by atoms with E-state index in [1.165, 1.54) is 21.9 Å². The van der Waals surface area contributed by atoms with E-state index in [1.54, 1.807) is 24.3 Å². The number of para-hydroxylation sites is 2. The molecule has 0 spiro atoms. The van der Waals surface area contributed by atoms with Crippen molar-refractivity contribution in [2.24, 2.45) is 5.73 Å². The van der Waals surface area contributed by atoms with Gasteiger partial charge >= 0.3 is 32.3 Å². The molecule has 40 heavy (non-hydrogen) atoms. The Kier molecular flexibility index (Phi) is 15.5. The predicted molar refractivity (Wildman–Crippen MR) is 145 cm³/mol. The zero-order valence-electron chi connectivity index (χ0n) is 21.9. The van der Waals surface area contributed by atoms with Gasteiger partial charge in [-0.1, -0.05) is 42.8 Å². The normalized spacial score (nSPS) is 13.0. The first kappa shape index (κ1) is 36.7. The van der Waals surface area contributed by atoms with Crippen molar-refractivity contribution >= 4 is 15.2 Å². The molecule has 0 bridgehead atoms. The third-order valence-corrected chi connectivity index (χ3v) is 7.74. The van der Waals surface area contributed by atoms with Gasteiger partial charge in [0.25, 0.3) is 0 Å². The molecule has 1 unspecified atom stereocenters. The van der Waals surface area contributed by atoms with Crippen LogP contribution in [0.1, 0.15) is 41.5 Å². The minimum atomic E-state index is -4.62. The van der Waals surface area contributed by atoms with E-state index < -0.39 is 47.0 Å². The van der Waals surface area contributed by atoms with Crippen LogP contribution in [0.3, 0.4) is 0 Å². The summed E-state index contributed by atoms with van der Waals surface area (Å²) in [6.07, 6.45) is 0.119. The van der Waals surface area contributed by atoms with Gasteiger partial charge in [-0.15, -0.1) is 0 Å². The van der Waals surface area contributed by atoms with E-state index in [2.05, 4.69) is 0 Å². The molecule has 2 aromatic rings. The molecule has 2 rings (SSSR count). The second-order valence-corrected chi connectivity index (χ2v) is 12.7. The Hall–Kier alpha value is -1.34. The Morgan fingerprint density at radius 3 is 1.68 bits per heavy atom. The molecule has 0 fully saturated rings. The van der Waals surface area contributed by atoms with Gasteiger partial charge in [-0.3, -0.25) is 18.9 Å². The number of unbranched alkanes of at least 4 members (excludes halogenated alkanes) is 1. The zero-order chi connectivity index (χ0) is 29.2. The number of hydrogen-bond acceptors (Lipinski definition) is 9. The molecule has 0 amide bonds. The fraction of sp³-hybridized carbons (Fsp3) is 0.500. The van der Waals surface area contributed by atoms with Gasteiger partial charge in [0.1, 0.15) is 24.1 Å². The van der Waals surface area contributed by atoms with Crippen molar-refractivity contribution in [3.05, 3.63) is 58.7 Å². The molecule has 2 aromatic carbocycles. The van der Waals surface area contributed by atoms with Crippen LogP contribution in [0.4, 0.5) is 0 Å². The molecule has 226 valence electrons. The Morgan fingerprint density at radius 2 is 1.23 bits per heavy atom. The largest absolute Gasteiger partial charge is 2.00 e. The summed E-state index contributed by atoms with van der Waals surface area (Å²) in [4.78, 5) is 42.1. The van der Waals surface area contributed by atoms with Crippen LogP contribution in [0.15, 0.2) is 36.4 Å². The molecule has 0 aromatic heterocycles. The summed E-state index contributed by atoms with van der Waals surface area (Å²) in [5.74, 6) is -0.428. The standard InChI is InChI=1S/C24H39N3O10P2.Fe/c25-10-2-1-9-22(27(17-39(35,36)37)12-19-6-4-8-21(15-29)24(19)31)13-26(16-38(32,33)34)11-18-5-3-7-20(14-28)23(18)30;/h3-8,22,28-31H,1-2,9-17,25H2,(H2,32,33,34)(H2,35,36,37);/q;+2. The molecule has 1 atom stereocenters. The van der Waals surface area contributed by atoms with E-state index in [9.17, 15) is 49.1 Å². The number of nitrogens with zero attached hydrogens (tertiary/aromatic N) is 2. The number of aliphatic hydroxyl groups excluding tert-OH is 2. The summed E-state index contributed by atoms with van der Waals surface area (Å²) >= 11 is 0. The van der Waals surface area contributed by atoms with E-state index in [-0.39, 0.29) is 59.3 Å². The van der Waals surface area contributed by atoms with Crippen LogP contribution in [-0.2, 0) is 52.5 Å². The molecule has 13 nitrogen and oxygen atoms in total. The topological polar surface area (TPSA) is 228 Å². The van der Waals surface area contributed by atoms with Crippen LogP contribution in [-0.4, -0.2) is 81.5 Å². The molecule has 16 heteroatoms. The summed E-state index contributed by atoms with van der Waals surface area (Å²) in [5, 5.41) is 40.1. The van der Waals surface area contributed by atoms with Crippen molar-refractivity contribution in [1.82, 2.24) is 9.80 Å². The van der Waals surface area contributed by atoms with Gasteiger partial charge in [0.2, 0.25) is 0 Å². The van der Waals surface area contributed by atoms with Crippen molar-refractivity contribution in [3.63, 3.8) is 0 Å². The number of aromatic hydroxyl groups is 2. The number of rotatable bonds is 17. The molecule has 0 saturated carbocycles. The van der Waals surface area contributed by atoms with E-state index in [0.29, 0.717) is 36.9 Å². The Labute approximate surface area is 244 Å². The maximum atomic E-state index is 12.1. The molecular formula is C24H39FeN3O10P2+2. The second-order valence-electron chi connectivity index (χ2n) is 9.47. The van der Waals surface area contributed by atoms with Crippen LogP contribution in [0.25, 0.3) is 0 Å². The number of phenols is 2. The van der Waals surface area contributed by atoms with Crippen LogP contribution >= 0.6 is 15.2 Å². The third-order valence-electron chi connectivity index (χ3n) is 6.24. The van der Waals surface area contributed by atoms with Crippen LogP contribution in [0, 0.1) is 0 Å². The fourth-order valence-electron chi connectivity index (χ4n) is 4.43. The first-order chi connectivity index (χ1) is 18.3. The Morgan fingerprint density at radius 1 is 0.750 bits per heavy atom. The second kappa shape index (κ2) is 16.9. The summed E-state index contributed by atoms with van der Waals surface area (Å²) in [6, 6.07) is 8.66. The summed E-state index contributed by atoms with van der Waals surface area (Å²) in [6.45, 7) is -0.797. The van der Waals surface area contributed by atoms with E-state index >= 15 is 0 Å². The third kappa shape index (κ3) is 12.3. The van der Waals surface area contributed by atoms with Crippen molar-refractivity contribution in [1.29, 1.82) is 0 Å². The van der Waals surface area contributed by atoms with E-state index in [1.807, 2.05) is 0 Å². The van der Waals surface area contributed by atoms with Gasteiger partial charge < -0.3 is 45.7 Å². The molecule has 0 heterocycles. The first-order valence-electron chi connectivity index (χ1n) is 12.3. The number of benzene rings is 2. The minimum Gasteiger partial charge on any atom is -0.507 e.